The molecule has 2 N–H and O–H groups in total. The van der Waals surface area contributed by atoms with E-state index in [1.54, 1.807) is 13.3 Å². The molecule has 0 saturated carbocycles. The number of hydrogen-bond donors (Lipinski definition) is 1. The summed E-state index contributed by atoms with van der Waals surface area (Å²) >= 11 is 0. The van der Waals surface area contributed by atoms with Crippen LogP contribution in [0.15, 0.2) is 30.5 Å². The zero-order chi connectivity index (χ0) is 14.0. The quantitative estimate of drug-likeness (QED) is 0.918. The van der Waals surface area contributed by atoms with E-state index in [1.807, 2.05) is 25.1 Å². The second-order valence-corrected chi connectivity index (χ2v) is 4.79. The molecule has 3 nitrogen and oxygen atoms in total. The van der Waals surface area contributed by atoms with Crippen molar-refractivity contribution < 1.29 is 4.74 Å². The molecular weight excluding hydrogens is 236 g/mol. The highest BCUT2D eigenvalue weighted by Gasteiger charge is 2.18. The molecule has 1 atom stereocenters. The molecule has 0 spiro atoms. The van der Waals surface area contributed by atoms with Gasteiger partial charge in [-0.2, -0.15) is 0 Å². The fraction of sp³-hybridized carbons (Fsp3) is 0.312. The summed E-state index contributed by atoms with van der Waals surface area (Å²) in [4.78, 5) is 4.30. The zero-order valence-corrected chi connectivity index (χ0v) is 11.9. The summed E-state index contributed by atoms with van der Waals surface area (Å²) in [7, 11) is 1.69. The predicted molar refractivity (Wildman–Crippen MR) is 77.5 cm³/mol. The molecule has 100 valence electrons. The van der Waals surface area contributed by atoms with E-state index in [-0.39, 0.29) is 6.04 Å². The minimum atomic E-state index is -0.219. The molecule has 0 saturated heterocycles. The molecular formula is C16H20N2O. The molecule has 0 fully saturated rings. The number of ether oxygens (including phenoxy) is 1. The lowest BCUT2D eigenvalue weighted by Crippen LogP contribution is -2.15. The van der Waals surface area contributed by atoms with Crippen LogP contribution in [0.4, 0.5) is 0 Å². The molecule has 0 aliphatic carbocycles. The van der Waals surface area contributed by atoms with Crippen LogP contribution in [0.25, 0.3) is 0 Å². The van der Waals surface area contributed by atoms with Crippen molar-refractivity contribution in [2.24, 2.45) is 5.73 Å². The number of hydrogen-bond acceptors (Lipinski definition) is 3. The number of benzene rings is 1. The van der Waals surface area contributed by atoms with Gasteiger partial charge in [-0.1, -0.05) is 18.2 Å². The average Bonchev–Trinajstić information content (AvgIpc) is 2.41. The summed E-state index contributed by atoms with van der Waals surface area (Å²) in [5.41, 5.74) is 11.7. The Morgan fingerprint density at radius 3 is 2.47 bits per heavy atom. The Hall–Kier alpha value is -1.87. The first-order valence-corrected chi connectivity index (χ1v) is 6.37. The van der Waals surface area contributed by atoms with Gasteiger partial charge in [0.25, 0.3) is 0 Å². The van der Waals surface area contributed by atoms with E-state index in [0.717, 1.165) is 28.1 Å². The molecule has 1 heterocycles. The summed E-state index contributed by atoms with van der Waals surface area (Å²) in [6.45, 7) is 6.10. The fourth-order valence-corrected chi connectivity index (χ4v) is 2.32. The molecule has 1 aromatic carbocycles. The zero-order valence-electron chi connectivity index (χ0n) is 11.9. The van der Waals surface area contributed by atoms with Crippen LogP contribution in [-0.4, -0.2) is 12.1 Å². The second kappa shape index (κ2) is 5.41. The third-order valence-electron chi connectivity index (χ3n) is 3.63. The van der Waals surface area contributed by atoms with Crippen molar-refractivity contribution in [3.05, 3.63) is 58.4 Å². The van der Waals surface area contributed by atoms with Crippen LogP contribution in [0.3, 0.4) is 0 Å². The van der Waals surface area contributed by atoms with E-state index in [2.05, 4.69) is 24.9 Å². The van der Waals surface area contributed by atoms with Crippen molar-refractivity contribution in [1.82, 2.24) is 4.98 Å². The highest BCUT2D eigenvalue weighted by Crippen LogP contribution is 2.33. The Labute approximate surface area is 114 Å². The molecule has 3 heteroatoms. The Morgan fingerprint density at radius 2 is 1.84 bits per heavy atom. The van der Waals surface area contributed by atoms with Crippen LogP contribution in [0.2, 0.25) is 0 Å². The van der Waals surface area contributed by atoms with Gasteiger partial charge in [-0.05, 0) is 43.5 Å². The van der Waals surface area contributed by atoms with Crippen LogP contribution in [0, 0.1) is 20.8 Å². The maximum atomic E-state index is 6.39. The lowest BCUT2D eigenvalue weighted by atomic mass is 9.94. The van der Waals surface area contributed by atoms with Gasteiger partial charge < -0.3 is 10.5 Å². The number of pyridine rings is 1. The summed E-state index contributed by atoms with van der Waals surface area (Å²) in [6, 6.07) is 7.83. The van der Waals surface area contributed by atoms with Crippen molar-refractivity contribution in [1.29, 1.82) is 0 Å². The Balaban J connectivity index is 2.53. The van der Waals surface area contributed by atoms with E-state index in [0.29, 0.717) is 0 Å². The minimum Gasteiger partial charge on any atom is -0.496 e. The van der Waals surface area contributed by atoms with Crippen molar-refractivity contribution in [3.8, 4) is 5.75 Å². The number of nitrogens with zero attached hydrogens (tertiary/aromatic N) is 1. The van der Waals surface area contributed by atoms with Crippen LogP contribution in [0.5, 0.6) is 5.75 Å². The Bertz CT molecular complexity index is 593. The molecule has 0 bridgehead atoms. The van der Waals surface area contributed by atoms with Crippen molar-refractivity contribution >= 4 is 0 Å². The topological polar surface area (TPSA) is 48.1 Å². The van der Waals surface area contributed by atoms with Gasteiger partial charge in [0.2, 0.25) is 0 Å². The summed E-state index contributed by atoms with van der Waals surface area (Å²) < 4.78 is 5.54. The molecule has 0 aliphatic heterocycles. The largest absolute Gasteiger partial charge is 0.496 e. The molecule has 0 radical (unpaired) electrons. The normalized spacial score (nSPS) is 12.3. The van der Waals surface area contributed by atoms with Gasteiger partial charge in [0.05, 0.1) is 13.2 Å². The number of aromatic nitrogens is 1. The SMILES string of the molecule is COc1c(C(N)c2cccnc2C)ccc(C)c1C. The number of rotatable bonds is 3. The number of methoxy groups -OCH3 is 1. The van der Waals surface area contributed by atoms with E-state index in [1.165, 1.54) is 5.56 Å². The second-order valence-electron chi connectivity index (χ2n) is 4.79. The van der Waals surface area contributed by atoms with Gasteiger partial charge in [0, 0.05) is 17.5 Å². The van der Waals surface area contributed by atoms with Gasteiger partial charge in [-0.15, -0.1) is 0 Å². The van der Waals surface area contributed by atoms with Crippen molar-refractivity contribution in [3.63, 3.8) is 0 Å². The highest BCUT2D eigenvalue weighted by atomic mass is 16.5. The van der Waals surface area contributed by atoms with E-state index in [4.69, 9.17) is 10.5 Å². The number of aryl methyl sites for hydroxylation is 2. The number of nitrogens with two attached hydrogens (primary N) is 1. The summed E-state index contributed by atoms with van der Waals surface area (Å²) in [5.74, 6) is 0.871. The molecule has 19 heavy (non-hydrogen) atoms. The first-order chi connectivity index (χ1) is 9.06. The van der Waals surface area contributed by atoms with Crippen molar-refractivity contribution in [2.75, 3.05) is 7.11 Å². The molecule has 2 aromatic rings. The summed E-state index contributed by atoms with van der Waals surface area (Å²) in [5, 5.41) is 0. The van der Waals surface area contributed by atoms with Gasteiger partial charge >= 0.3 is 0 Å². The van der Waals surface area contributed by atoms with Gasteiger partial charge in [-0.25, -0.2) is 0 Å². The first-order valence-electron chi connectivity index (χ1n) is 6.37. The monoisotopic (exact) mass is 256 g/mol. The third kappa shape index (κ3) is 2.47. The average molecular weight is 256 g/mol. The lowest BCUT2D eigenvalue weighted by molar-refractivity contribution is 0.404. The van der Waals surface area contributed by atoms with Crippen molar-refractivity contribution in [2.45, 2.75) is 26.8 Å². The summed E-state index contributed by atoms with van der Waals surface area (Å²) in [6.07, 6.45) is 1.78. The predicted octanol–water partition coefficient (Wildman–Crippen LogP) is 3.06. The molecule has 0 amide bonds. The minimum absolute atomic E-state index is 0.219. The van der Waals surface area contributed by atoms with E-state index < -0.39 is 0 Å². The Kier molecular flexibility index (Phi) is 3.86. The van der Waals surface area contributed by atoms with Crippen LogP contribution in [0.1, 0.15) is 34.0 Å². The first kappa shape index (κ1) is 13.6. The molecule has 1 aromatic heterocycles. The third-order valence-corrected chi connectivity index (χ3v) is 3.63. The fourth-order valence-electron chi connectivity index (χ4n) is 2.32. The lowest BCUT2D eigenvalue weighted by Gasteiger charge is -2.20. The van der Waals surface area contributed by atoms with E-state index in [9.17, 15) is 0 Å². The van der Waals surface area contributed by atoms with Gasteiger partial charge in [0.15, 0.2) is 0 Å². The van der Waals surface area contributed by atoms with Crippen LogP contribution >= 0.6 is 0 Å². The van der Waals surface area contributed by atoms with Crippen LogP contribution in [-0.2, 0) is 0 Å². The Morgan fingerprint density at radius 1 is 1.11 bits per heavy atom. The van der Waals surface area contributed by atoms with Gasteiger partial charge in [0.1, 0.15) is 5.75 Å². The van der Waals surface area contributed by atoms with Crippen LogP contribution < -0.4 is 10.5 Å². The maximum absolute atomic E-state index is 6.39. The molecule has 1 unspecified atom stereocenters. The standard InChI is InChI=1S/C16H20N2O/c1-10-7-8-14(16(19-4)11(10)2)15(17)13-6-5-9-18-12(13)3/h5-9,15H,17H2,1-4H3. The molecule has 2 rings (SSSR count). The van der Waals surface area contributed by atoms with E-state index >= 15 is 0 Å². The molecule has 0 aliphatic rings. The van der Waals surface area contributed by atoms with Gasteiger partial charge in [-0.3, -0.25) is 4.98 Å². The smallest absolute Gasteiger partial charge is 0.127 e. The highest BCUT2D eigenvalue weighted by molar-refractivity contribution is 5.49. The maximum Gasteiger partial charge on any atom is 0.127 e.